The first-order valence-electron chi connectivity index (χ1n) is 9.31. The van der Waals surface area contributed by atoms with Crippen LogP contribution in [0, 0.1) is 5.92 Å². The summed E-state index contributed by atoms with van der Waals surface area (Å²) in [5.41, 5.74) is 1.23. The Balaban J connectivity index is 1.55. The van der Waals surface area contributed by atoms with E-state index < -0.39 is 10.0 Å². The highest BCUT2D eigenvalue weighted by Crippen LogP contribution is 2.20. The number of hydrogen-bond acceptors (Lipinski definition) is 5. The minimum Gasteiger partial charge on any atom is -0.354 e. The van der Waals surface area contributed by atoms with Crippen molar-refractivity contribution in [1.29, 1.82) is 0 Å². The summed E-state index contributed by atoms with van der Waals surface area (Å²) in [5, 5.41) is 7.80. The molecule has 0 atom stereocenters. The van der Waals surface area contributed by atoms with Gasteiger partial charge in [-0.2, -0.15) is 5.10 Å². The summed E-state index contributed by atoms with van der Waals surface area (Å²) in [5.74, 6) is -0.349. The molecule has 0 bridgehead atoms. The number of nitrogens with one attached hydrogen (secondary N) is 1. The fraction of sp³-hybridized carbons (Fsp3) is 0.421. The Morgan fingerprint density at radius 1 is 1.17 bits per heavy atom. The van der Waals surface area contributed by atoms with Crippen LogP contribution in [0.15, 0.2) is 41.2 Å². The van der Waals surface area contributed by atoms with E-state index in [9.17, 15) is 18.0 Å². The van der Waals surface area contributed by atoms with Crippen LogP contribution >= 0.6 is 11.6 Å². The highest BCUT2D eigenvalue weighted by Gasteiger charge is 2.28. The van der Waals surface area contributed by atoms with Crippen molar-refractivity contribution >= 4 is 27.5 Å². The summed E-state index contributed by atoms with van der Waals surface area (Å²) in [7, 11) is -3.21. The van der Waals surface area contributed by atoms with E-state index in [2.05, 4.69) is 10.4 Å². The van der Waals surface area contributed by atoms with Gasteiger partial charge < -0.3 is 5.32 Å². The van der Waals surface area contributed by atoms with E-state index >= 15 is 0 Å². The van der Waals surface area contributed by atoms with Crippen LogP contribution in [0.1, 0.15) is 12.8 Å². The standard InChI is InChI=1S/C19H23ClN4O4S/c1-29(27,28)23-11-8-15(9-12-23)19(26)21-10-13-24-18(25)7-6-17(22-24)14-2-4-16(20)5-3-14/h2-7,15H,8-13H2,1H3,(H,21,26). The number of piperidine rings is 1. The van der Waals surface area contributed by atoms with Gasteiger partial charge in [-0.05, 0) is 31.0 Å². The SMILES string of the molecule is CS(=O)(=O)N1CCC(C(=O)NCCn2nc(-c3ccc(Cl)cc3)ccc2=O)CC1. The van der Waals surface area contributed by atoms with Gasteiger partial charge in [0.15, 0.2) is 0 Å². The molecule has 1 aliphatic heterocycles. The molecule has 3 rings (SSSR count). The molecule has 1 saturated heterocycles. The number of nitrogens with zero attached hydrogens (tertiary/aromatic N) is 3. The number of sulfonamides is 1. The molecule has 8 nitrogen and oxygen atoms in total. The normalized spacial score (nSPS) is 15.9. The molecule has 10 heteroatoms. The van der Waals surface area contributed by atoms with Crippen LogP contribution in [0.3, 0.4) is 0 Å². The van der Waals surface area contributed by atoms with Gasteiger partial charge >= 0.3 is 0 Å². The number of halogens is 1. The van der Waals surface area contributed by atoms with Gasteiger partial charge in [0, 0.05) is 42.2 Å². The van der Waals surface area contributed by atoms with Gasteiger partial charge in [0.25, 0.3) is 5.56 Å². The van der Waals surface area contributed by atoms with Crippen LogP contribution in [0.25, 0.3) is 11.3 Å². The monoisotopic (exact) mass is 438 g/mol. The Bertz CT molecular complexity index is 1030. The van der Waals surface area contributed by atoms with Crippen molar-refractivity contribution < 1.29 is 13.2 Å². The summed E-state index contributed by atoms with van der Waals surface area (Å²) in [4.78, 5) is 24.4. The van der Waals surface area contributed by atoms with Crippen LogP contribution in [0.4, 0.5) is 0 Å². The topological polar surface area (TPSA) is 101 Å². The maximum atomic E-state index is 12.4. The molecule has 2 heterocycles. The predicted molar refractivity (Wildman–Crippen MR) is 111 cm³/mol. The molecule has 1 aromatic heterocycles. The van der Waals surface area contributed by atoms with Gasteiger partial charge in [-0.3, -0.25) is 9.59 Å². The molecule has 0 saturated carbocycles. The summed E-state index contributed by atoms with van der Waals surface area (Å²) in [6.07, 6.45) is 2.16. The predicted octanol–water partition coefficient (Wildman–Crippen LogP) is 1.35. The molecule has 0 radical (unpaired) electrons. The van der Waals surface area contributed by atoms with Gasteiger partial charge in [-0.25, -0.2) is 17.4 Å². The molecule has 1 N–H and O–H groups in total. The van der Waals surface area contributed by atoms with Crippen LogP contribution < -0.4 is 10.9 Å². The average Bonchev–Trinajstić information content (AvgIpc) is 2.69. The molecule has 1 aliphatic rings. The quantitative estimate of drug-likeness (QED) is 0.733. The molecule has 29 heavy (non-hydrogen) atoms. The first-order valence-corrected chi connectivity index (χ1v) is 11.5. The second-order valence-electron chi connectivity index (χ2n) is 7.01. The lowest BCUT2D eigenvalue weighted by molar-refractivity contribution is -0.126. The second-order valence-corrected chi connectivity index (χ2v) is 9.43. The third-order valence-corrected chi connectivity index (χ3v) is 6.48. The maximum absolute atomic E-state index is 12.4. The van der Waals surface area contributed by atoms with Gasteiger partial charge in [-0.1, -0.05) is 23.7 Å². The maximum Gasteiger partial charge on any atom is 0.266 e. The van der Waals surface area contributed by atoms with Crippen molar-refractivity contribution in [3.8, 4) is 11.3 Å². The lowest BCUT2D eigenvalue weighted by Gasteiger charge is -2.29. The first kappa shape index (κ1) is 21.5. The summed E-state index contributed by atoms with van der Waals surface area (Å²) in [6, 6.07) is 10.2. The van der Waals surface area contributed by atoms with E-state index in [1.54, 1.807) is 18.2 Å². The zero-order valence-electron chi connectivity index (χ0n) is 16.0. The zero-order valence-corrected chi connectivity index (χ0v) is 17.6. The zero-order chi connectivity index (χ0) is 21.0. The third kappa shape index (κ3) is 5.65. The van der Waals surface area contributed by atoms with Gasteiger partial charge in [0.1, 0.15) is 0 Å². The molecular weight excluding hydrogens is 416 g/mol. The van der Waals surface area contributed by atoms with Crippen molar-refractivity contribution in [3.63, 3.8) is 0 Å². The average molecular weight is 439 g/mol. The number of carbonyl (C=O) groups is 1. The van der Waals surface area contributed by atoms with Crippen molar-refractivity contribution in [2.45, 2.75) is 19.4 Å². The summed E-state index contributed by atoms with van der Waals surface area (Å²) < 4.78 is 25.8. The minimum absolute atomic E-state index is 0.125. The highest BCUT2D eigenvalue weighted by atomic mass is 35.5. The number of rotatable bonds is 6. The largest absolute Gasteiger partial charge is 0.354 e. The van der Waals surface area contributed by atoms with E-state index in [1.807, 2.05) is 12.1 Å². The minimum atomic E-state index is -3.21. The number of amides is 1. The highest BCUT2D eigenvalue weighted by molar-refractivity contribution is 7.88. The van der Waals surface area contributed by atoms with Gasteiger partial charge in [-0.15, -0.1) is 0 Å². The van der Waals surface area contributed by atoms with Crippen LogP contribution in [-0.4, -0.2) is 54.3 Å². The van der Waals surface area contributed by atoms with Crippen molar-refractivity contribution in [3.05, 3.63) is 51.8 Å². The smallest absolute Gasteiger partial charge is 0.266 e. The fourth-order valence-corrected chi connectivity index (χ4v) is 4.26. The fourth-order valence-electron chi connectivity index (χ4n) is 3.26. The molecule has 0 aliphatic carbocycles. The third-order valence-electron chi connectivity index (χ3n) is 4.92. The van der Waals surface area contributed by atoms with Gasteiger partial charge in [0.05, 0.1) is 18.5 Å². The molecule has 156 valence electrons. The molecule has 1 amide bonds. The van der Waals surface area contributed by atoms with Crippen molar-refractivity contribution in [2.75, 3.05) is 25.9 Å². The molecule has 0 spiro atoms. The van der Waals surface area contributed by atoms with Crippen molar-refractivity contribution in [1.82, 2.24) is 19.4 Å². The molecule has 1 aromatic carbocycles. The Hall–Kier alpha value is -2.23. The van der Waals surface area contributed by atoms with Gasteiger partial charge in [0.2, 0.25) is 15.9 Å². The Labute approximate surface area is 174 Å². The molecule has 2 aromatic rings. The first-order chi connectivity index (χ1) is 13.7. The lowest BCUT2D eigenvalue weighted by Crippen LogP contribution is -2.43. The van der Waals surface area contributed by atoms with E-state index in [0.29, 0.717) is 36.6 Å². The van der Waals surface area contributed by atoms with Crippen LogP contribution in [0.5, 0.6) is 0 Å². The molecule has 1 fully saturated rings. The lowest BCUT2D eigenvalue weighted by atomic mass is 9.97. The number of carbonyl (C=O) groups excluding carboxylic acids is 1. The summed E-state index contributed by atoms with van der Waals surface area (Å²) >= 11 is 5.90. The Morgan fingerprint density at radius 2 is 1.83 bits per heavy atom. The number of aromatic nitrogens is 2. The van der Waals surface area contributed by atoms with E-state index in [1.165, 1.54) is 21.3 Å². The Kier molecular flexibility index (Phi) is 6.71. The Morgan fingerprint density at radius 3 is 2.45 bits per heavy atom. The molecule has 0 unspecified atom stereocenters. The van der Waals surface area contributed by atoms with Crippen molar-refractivity contribution in [2.24, 2.45) is 5.92 Å². The van der Waals surface area contributed by atoms with Crippen LogP contribution in [-0.2, 0) is 21.4 Å². The summed E-state index contributed by atoms with van der Waals surface area (Å²) in [6.45, 7) is 1.21. The van der Waals surface area contributed by atoms with E-state index in [4.69, 9.17) is 11.6 Å². The second kappa shape index (κ2) is 9.06. The van der Waals surface area contributed by atoms with E-state index in [-0.39, 0.29) is 30.5 Å². The van der Waals surface area contributed by atoms with E-state index in [0.717, 1.165) is 5.56 Å². The van der Waals surface area contributed by atoms with Crippen LogP contribution in [0.2, 0.25) is 5.02 Å². The molecular formula is C19H23ClN4O4S. The number of hydrogen-bond donors (Lipinski definition) is 1. The number of benzene rings is 1.